The molecule has 0 radical (unpaired) electrons. The molecule has 23 heavy (non-hydrogen) atoms. The molecule has 3 rings (SSSR count). The van der Waals surface area contributed by atoms with E-state index in [9.17, 15) is 4.79 Å². The Balaban J connectivity index is 1.74. The van der Waals surface area contributed by atoms with Crippen LogP contribution in [0.1, 0.15) is 12.8 Å². The van der Waals surface area contributed by atoms with Gasteiger partial charge in [-0.2, -0.15) is 0 Å². The fourth-order valence-corrected chi connectivity index (χ4v) is 2.95. The van der Waals surface area contributed by atoms with E-state index in [4.69, 9.17) is 22.1 Å². The highest BCUT2D eigenvalue weighted by Gasteiger charge is 2.23. The number of halogens is 1. The molecule has 2 aromatic rings. The van der Waals surface area contributed by atoms with Gasteiger partial charge >= 0.3 is 6.09 Å². The number of carbonyl (C=O) groups excluding carboxylic acids is 1. The van der Waals surface area contributed by atoms with Crippen molar-refractivity contribution < 1.29 is 9.53 Å². The summed E-state index contributed by atoms with van der Waals surface area (Å²) in [5.74, 6) is 0.749. The molecule has 0 saturated carbocycles. The topological polar surface area (TPSA) is 81.3 Å². The molecule has 0 aliphatic carbocycles. The number of hydrogen-bond donors (Lipinski definition) is 1. The van der Waals surface area contributed by atoms with Crippen LogP contribution in [0.5, 0.6) is 0 Å². The van der Waals surface area contributed by atoms with Gasteiger partial charge < -0.3 is 15.4 Å². The molecule has 0 spiro atoms. The molecule has 1 aliphatic rings. The molecule has 1 aromatic heterocycles. The van der Waals surface area contributed by atoms with Gasteiger partial charge in [0.2, 0.25) is 0 Å². The van der Waals surface area contributed by atoms with Crippen LogP contribution in [-0.2, 0) is 4.74 Å². The number of piperidine rings is 1. The highest BCUT2D eigenvalue weighted by molar-refractivity contribution is 6.33. The second kappa shape index (κ2) is 6.83. The maximum atomic E-state index is 10.9. The molecule has 2 N–H and O–H groups in total. The van der Waals surface area contributed by atoms with Crippen LogP contribution >= 0.6 is 11.6 Å². The van der Waals surface area contributed by atoms with Crippen molar-refractivity contribution in [2.45, 2.75) is 18.9 Å². The smallest absolute Gasteiger partial charge is 0.404 e. The van der Waals surface area contributed by atoms with Crippen molar-refractivity contribution in [3.63, 3.8) is 0 Å². The molecule has 2 heterocycles. The molecule has 1 saturated heterocycles. The first kappa shape index (κ1) is 15.6. The van der Waals surface area contributed by atoms with Gasteiger partial charge in [0.15, 0.2) is 5.82 Å². The quantitative estimate of drug-likeness (QED) is 0.934. The van der Waals surface area contributed by atoms with E-state index in [1.54, 1.807) is 0 Å². The molecule has 120 valence electrons. The predicted molar refractivity (Wildman–Crippen MR) is 88.4 cm³/mol. The fourth-order valence-electron chi connectivity index (χ4n) is 2.71. The summed E-state index contributed by atoms with van der Waals surface area (Å²) in [5, 5.41) is 9.18. The number of rotatable bonds is 3. The van der Waals surface area contributed by atoms with Crippen molar-refractivity contribution >= 4 is 23.5 Å². The summed E-state index contributed by atoms with van der Waals surface area (Å²) < 4.78 is 5.08. The van der Waals surface area contributed by atoms with Crippen LogP contribution in [0.3, 0.4) is 0 Å². The van der Waals surface area contributed by atoms with E-state index in [0.717, 1.165) is 36.5 Å². The van der Waals surface area contributed by atoms with Gasteiger partial charge in [-0.1, -0.05) is 29.8 Å². The summed E-state index contributed by atoms with van der Waals surface area (Å²) in [7, 11) is 0. The monoisotopic (exact) mass is 332 g/mol. The SMILES string of the molecule is NC(=O)OC1CCCN(c2ccc(-c3ccccc3Cl)nn2)C1. The Morgan fingerprint density at radius 1 is 1.26 bits per heavy atom. The third-order valence-electron chi connectivity index (χ3n) is 3.79. The second-order valence-corrected chi connectivity index (χ2v) is 5.81. The lowest BCUT2D eigenvalue weighted by Crippen LogP contribution is -2.41. The zero-order chi connectivity index (χ0) is 16.2. The first-order valence-electron chi connectivity index (χ1n) is 7.43. The molecule has 1 aromatic carbocycles. The fraction of sp³-hybridized carbons (Fsp3) is 0.312. The van der Waals surface area contributed by atoms with Crippen molar-refractivity contribution in [2.75, 3.05) is 18.0 Å². The largest absolute Gasteiger partial charge is 0.445 e. The van der Waals surface area contributed by atoms with E-state index in [2.05, 4.69) is 10.2 Å². The summed E-state index contributed by atoms with van der Waals surface area (Å²) in [5.41, 5.74) is 6.66. The Hall–Kier alpha value is -2.34. The van der Waals surface area contributed by atoms with Crippen molar-refractivity contribution in [2.24, 2.45) is 5.73 Å². The Bertz CT molecular complexity index is 693. The summed E-state index contributed by atoms with van der Waals surface area (Å²) >= 11 is 6.18. The van der Waals surface area contributed by atoms with Crippen LogP contribution in [0.15, 0.2) is 36.4 Å². The summed E-state index contributed by atoms with van der Waals surface area (Å²) in [6.07, 6.45) is 0.777. The van der Waals surface area contributed by atoms with Gasteiger partial charge in [0, 0.05) is 12.1 Å². The Kier molecular flexibility index (Phi) is 4.62. The number of aromatic nitrogens is 2. The molecular weight excluding hydrogens is 316 g/mol. The number of benzene rings is 1. The molecule has 0 bridgehead atoms. The van der Waals surface area contributed by atoms with E-state index < -0.39 is 6.09 Å². The minimum Gasteiger partial charge on any atom is -0.445 e. The van der Waals surface area contributed by atoms with Crippen LogP contribution in [0.2, 0.25) is 5.02 Å². The molecule has 1 fully saturated rings. The van der Waals surface area contributed by atoms with Gasteiger partial charge in [-0.25, -0.2) is 4.79 Å². The lowest BCUT2D eigenvalue weighted by molar-refractivity contribution is 0.0964. The molecule has 6 nitrogen and oxygen atoms in total. The zero-order valence-electron chi connectivity index (χ0n) is 12.5. The Labute approximate surface area is 139 Å². The number of hydrogen-bond acceptors (Lipinski definition) is 5. The van der Waals surface area contributed by atoms with Crippen molar-refractivity contribution in [1.82, 2.24) is 10.2 Å². The minimum atomic E-state index is -0.739. The van der Waals surface area contributed by atoms with E-state index in [1.165, 1.54) is 0 Å². The third-order valence-corrected chi connectivity index (χ3v) is 4.11. The Morgan fingerprint density at radius 2 is 2.09 bits per heavy atom. The standard InChI is InChI=1S/C16H17ClN4O2/c17-13-6-2-1-5-12(13)14-7-8-15(20-19-14)21-9-3-4-11(10-21)23-16(18)22/h1-2,5-8,11H,3-4,9-10H2,(H2,18,22). The summed E-state index contributed by atoms with van der Waals surface area (Å²) in [4.78, 5) is 12.9. The predicted octanol–water partition coefficient (Wildman–Crippen LogP) is 2.86. The number of ether oxygens (including phenoxy) is 1. The number of nitrogens with zero attached hydrogens (tertiary/aromatic N) is 3. The number of anilines is 1. The van der Waals surface area contributed by atoms with E-state index in [0.29, 0.717) is 11.6 Å². The van der Waals surface area contributed by atoms with E-state index in [1.807, 2.05) is 41.3 Å². The van der Waals surface area contributed by atoms with Crippen LogP contribution in [0.25, 0.3) is 11.3 Å². The molecule has 1 amide bonds. The highest BCUT2D eigenvalue weighted by Crippen LogP contribution is 2.27. The summed E-state index contributed by atoms with van der Waals surface area (Å²) in [6, 6.07) is 11.3. The van der Waals surface area contributed by atoms with Crippen LogP contribution < -0.4 is 10.6 Å². The average molecular weight is 333 g/mol. The normalized spacial score (nSPS) is 17.8. The maximum absolute atomic E-state index is 10.9. The molecule has 1 aliphatic heterocycles. The first-order valence-corrected chi connectivity index (χ1v) is 7.81. The number of carbonyl (C=O) groups is 1. The van der Waals surface area contributed by atoms with Crippen molar-refractivity contribution in [3.8, 4) is 11.3 Å². The van der Waals surface area contributed by atoms with Gasteiger partial charge in [-0.3, -0.25) is 0 Å². The first-order chi connectivity index (χ1) is 11.1. The Morgan fingerprint density at radius 3 is 2.78 bits per heavy atom. The van der Waals surface area contributed by atoms with Crippen LogP contribution in [0.4, 0.5) is 10.6 Å². The van der Waals surface area contributed by atoms with Gasteiger partial charge in [0.25, 0.3) is 0 Å². The van der Waals surface area contributed by atoms with Crippen LogP contribution in [0, 0.1) is 0 Å². The molecule has 1 atom stereocenters. The second-order valence-electron chi connectivity index (χ2n) is 5.40. The number of primary amides is 1. The van der Waals surface area contributed by atoms with Crippen molar-refractivity contribution in [3.05, 3.63) is 41.4 Å². The van der Waals surface area contributed by atoms with E-state index in [-0.39, 0.29) is 6.10 Å². The third kappa shape index (κ3) is 3.71. The van der Waals surface area contributed by atoms with Crippen LogP contribution in [-0.4, -0.2) is 35.5 Å². The number of amides is 1. The van der Waals surface area contributed by atoms with Crippen molar-refractivity contribution in [1.29, 1.82) is 0 Å². The van der Waals surface area contributed by atoms with Gasteiger partial charge in [-0.15, -0.1) is 10.2 Å². The highest BCUT2D eigenvalue weighted by atomic mass is 35.5. The average Bonchev–Trinajstić information content (AvgIpc) is 2.55. The summed E-state index contributed by atoms with van der Waals surface area (Å²) in [6.45, 7) is 1.42. The number of nitrogens with two attached hydrogens (primary N) is 1. The van der Waals surface area contributed by atoms with Gasteiger partial charge in [0.1, 0.15) is 6.10 Å². The lowest BCUT2D eigenvalue weighted by atomic mass is 10.1. The zero-order valence-corrected chi connectivity index (χ0v) is 13.2. The van der Waals surface area contributed by atoms with Gasteiger partial charge in [-0.05, 0) is 31.0 Å². The van der Waals surface area contributed by atoms with E-state index >= 15 is 0 Å². The molecule has 7 heteroatoms. The maximum Gasteiger partial charge on any atom is 0.404 e. The molecular formula is C16H17ClN4O2. The lowest BCUT2D eigenvalue weighted by Gasteiger charge is -2.32. The minimum absolute atomic E-state index is 0.203. The van der Waals surface area contributed by atoms with Gasteiger partial charge in [0.05, 0.1) is 17.3 Å². The molecule has 1 unspecified atom stereocenters.